The number of ether oxygens (including phenoxy) is 2. The highest BCUT2D eigenvalue weighted by molar-refractivity contribution is 6.51. The van der Waals surface area contributed by atoms with Crippen LogP contribution in [0.3, 0.4) is 0 Å². The van der Waals surface area contributed by atoms with Gasteiger partial charge in [-0.25, -0.2) is 0 Å². The maximum atomic E-state index is 13.3. The van der Waals surface area contributed by atoms with Gasteiger partial charge in [-0.1, -0.05) is 55.8 Å². The Kier molecular flexibility index (Phi) is 6.92. The molecule has 1 aliphatic heterocycles. The Morgan fingerprint density at radius 2 is 1.66 bits per heavy atom. The molecule has 0 aliphatic carbocycles. The Hall–Kier alpha value is -4.06. The quantitative estimate of drug-likeness (QED) is 0.273. The van der Waals surface area contributed by atoms with Crippen molar-refractivity contribution in [2.75, 3.05) is 18.6 Å². The molecule has 1 heterocycles. The lowest BCUT2D eigenvalue weighted by Crippen LogP contribution is -2.29. The van der Waals surface area contributed by atoms with E-state index >= 15 is 0 Å². The van der Waals surface area contributed by atoms with Gasteiger partial charge in [0.05, 0.1) is 25.3 Å². The van der Waals surface area contributed by atoms with Crippen LogP contribution >= 0.6 is 0 Å². The summed E-state index contributed by atoms with van der Waals surface area (Å²) in [6.07, 6.45) is 0. The summed E-state index contributed by atoms with van der Waals surface area (Å²) < 4.78 is 11.2. The summed E-state index contributed by atoms with van der Waals surface area (Å²) in [7, 11) is 1.53. The summed E-state index contributed by atoms with van der Waals surface area (Å²) in [5, 5.41) is 11.3. The molecule has 0 aromatic heterocycles. The molecule has 6 nitrogen and oxygen atoms in total. The average molecular weight is 472 g/mol. The molecule has 4 rings (SSSR count). The number of aryl methyl sites for hydroxylation is 1. The zero-order valence-electron chi connectivity index (χ0n) is 20.3. The molecule has 1 unspecified atom stereocenters. The zero-order valence-corrected chi connectivity index (χ0v) is 20.3. The van der Waals surface area contributed by atoms with E-state index in [1.165, 1.54) is 12.0 Å². The fourth-order valence-electron chi connectivity index (χ4n) is 4.08. The van der Waals surface area contributed by atoms with Crippen LogP contribution in [0.25, 0.3) is 5.76 Å². The number of methoxy groups -OCH3 is 1. The Morgan fingerprint density at radius 3 is 2.34 bits per heavy atom. The fourth-order valence-corrected chi connectivity index (χ4v) is 4.08. The smallest absolute Gasteiger partial charge is 0.300 e. The van der Waals surface area contributed by atoms with Gasteiger partial charge in [0.15, 0.2) is 0 Å². The molecule has 0 radical (unpaired) electrons. The standard InChI is InChI=1S/C29H29NO5/c1-18(2)17-35-24-10-5-7-20(15-24)26-25(27(31)21-8-6-9-23(16-21)34-4)28(32)29(33)30(26)22-13-11-19(3)12-14-22/h5-16,18,26,31H,17H2,1-4H3/b27-25-. The third-order valence-corrected chi connectivity index (χ3v) is 5.86. The van der Waals surface area contributed by atoms with E-state index in [1.54, 1.807) is 36.4 Å². The van der Waals surface area contributed by atoms with Crippen molar-refractivity contribution in [2.24, 2.45) is 5.92 Å². The SMILES string of the molecule is COc1cccc(/C(O)=C2/C(=O)C(=O)N(c3ccc(C)cc3)C2c2cccc(OCC(C)C)c2)c1. The predicted molar refractivity (Wildman–Crippen MR) is 136 cm³/mol. The molecule has 1 aliphatic rings. The van der Waals surface area contributed by atoms with Crippen LogP contribution in [-0.2, 0) is 9.59 Å². The van der Waals surface area contributed by atoms with Crippen LogP contribution < -0.4 is 14.4 Å². The van der Waals surface area contributed by atoms with Crippen LogP contribution in [-0.4, -0.2) is 30.5 Å². The molecular formula is C29H29NO5. The highest BCUT2D eigenvalue weighted by Crippen LogP contribution is 2.43. The molecule has 35 heavy (non-hydrogen) atoms. The van der Waals surface area contributed by atoms with Gasteiger partial charge in [0.1, 0.15) is 17.3 Å². The van der Waals surface area contributed by atoms with Gasteiger partial charge in [0.2, 0.25) is 0 Å². The molecule has 0 saturated carbocycles. The largest absolute Gasteiger partial charge is 0.507 e. The highest BCUT2D eigenvalue weighted by atomic mass is 16.5. The van der Waals surface area contributed by atoms with Crippen LogP contribution in [0.5, 0.6) is 11.5 Å². The lowest BCUT2D eigenvalue weighted by atomic mass is 9.95. The van der Waals surface area contributed by atoms with E-state index < -0.39 is 17.7 Å². The van der Waals surface area contributed by atoms with Crippen LogP contribution in [0.2, 0.25) is 0 Å². The van der Waals surface area contributed by atoms with E-state index in [4.69, 9.17) is 9.47 Å². The molecule has 3 aromatic rings. The number of amides is 1. The third kappa shape index (κ3) is 4.92. The monoisotopic (exact) mass is 471 g/mol. The van der Waals surface area contributed by atoms with Gasteiger partial charge in [0.25, 0.3) is 11.7 Å². The van der Waals surface area contributed by atoms with E-state index in [1.807, 2.05) is 43.3 Å². The van der Waals surface area contributed by atoms with E-state index in [0.29, 0.717) is 40.8 Å². The maximum absolute atomic E-state index is 13.3. The molecule has 1 fully saturated rings. The van der Waals surface area contributed by atoms with E-state index in [2.05, 4.69) is 13.8 Å². The summed E-state index contributed by atoms with van der Waals surface area (Å²) in [6.45, 7) is 6.60. The van der Waals surface area contributed by atoms with Gasteiger partial charge in [-0.15, -0.1) is 0 Å². The van der Waals surface area contributed by atoms with E-state index in [9.17, 15) is 14.7 Å². The van der Waals surface area contributed by atoms with Gasteiger partial charge < -0.3 is 14.6 Å². The minimum Gasteiger partial charge on any atom is -0.507 e. The lowest BCUT2D eigenvalue weighted by Gasteiger charge is -2.26. The molecule has 3 aromatic carbocycles. The van der Waals surface area contributed by atoms with Crippen molar-refractivity contribution in [1.82, 2.24) is 0 Å². The molecule has 1 atom stereocenters. The number of nitrogens with zero attached hydrogens (tertiary/aromatic N) is 1. The summed E-state index contributed by atoms with van der Waals surface area (Å²) in [5.41, 5.74) is 2.67. The number of anilines is 1. The first kappa shape index (κ1) is 24.1. The number of aliphatic hydroxyl groups is 1. The molecule has 180 valence electrons. The Morgan fingerprint density at radius 1 is 0.971 bits per heavy atom. The second-order valence-corrected chi connectivity index (χ2v) is 9.01. The number of benzene rings is 3. The maximum Gasteiger partial charge on any atom is 0.300 e. The predicted octanol–water partition coefficient (Wildman–Crippen LogP) is 5.66. The van der Waals surface area contributed by atoms with Crippen LogP contribution in [0.15, 0.2) is 78.4 Å². The minimum atomic E-state index is -0.827. The van der Waals surface area contributed by atoms with Crippen molar-refractivity contribution in [2.45, 2.75) is 26.8 Å². The molecule has 0 bridgehead atoms. The van der Waals surface area contributed by atoms with Crippen molar-refractivity contribution in [3.63, 3.8) is 0 Å². The van der Waals surface area contributed by atoms with Crippen LogP contribution in [0, 0.1) is 12.8 Å². The van der Waals surface area contributed by atoms with E-state index in [-0.39, 0.29) is 11.3 Å². The van der Waals surface area contributed by atoms with Gasteiger partial charge in [-0.3, -0.25) is 14.5 Å². The molecular weight excluding hydrogens is 442 g/mol. The van der Waals surface area contributed by atoms with Gasteiger partial charge >= 0.3 is 0 Å². The average Bonchev–Trinajstić information content (AvgIpc) is 3.13. The topological polar surface area (TPSA) is 76.1 Å². The van der Waals surface area contributed by atoms with Crippen LogP contribution in [0.4, 0.5) is 5.69 Å². The van der Waals surface area contributed by atoms with Crippen molar-refractivity contribution < 1.29 is 24.2 Å². The van der Waals surface area contributed by atoms with Crippen molar-refractivity contribution in [3.05, 3.63) is 95.1 Å². The summed E-state index contributed by atoms with van der Waals surface area (Å²) in [4.78, 5) is 28.1. The number of Topliss-reactive ketones (excluding diaryl/α,β-unsaturated/α-hetero) is 1. The number of carbonyl (C=O) groups excluding carboxylic acids is 2. The first-order valence-corrected chi connectivity index (χ1v) is 11.5. The second-order valence-electron chi connectivity index (χ2n) is 9.01. The zero-order chi connectivity index (χ0) is 25.1. The first-order valence-electron chi connectivity index (χ1n) is 11.5. The fraction of sp³-hybridized carbons (Fsp3) is 0.241. The molecule has 1 saturated heterocycles. The Bertz CT molecular complexity index is 1280. The van der Waals surface area contributed by atoms with Gasteiger partial charge in [-0.2, -0.15) is 0 Å². The normalized spacial score (nSPS) is 17.2. The number of aliphatic hydroxyl groups excluding tert-OH is 1. The number of rotatable bonds is 7. The molecule has 6 heteroatoms. The number of carbonyl (C=O) groups is 2. The number of hydrogen-bond acceptors (Lipinski definition) is 5. The second kappa shape index (κ2) is 10.1. The van der Waals surface area contributed by atoms with Gasteiger partial charge in [0, 0.05) is 11.3 Å². The summed E-state index contributed by atoms with van der Waals surface area (Å²) in [5.74, 6) is -0.198. The Labute approximate surface area is 205 Å². The lowest BCUT2D eigenvalue weighted by molar-refractivity contribution is -0.132. The summed E-state index contributed by atoms with van der Waals surface area (Å²) in [6, 6.07) is 20.6. The molecule has 1 N–H and O–H groups in total. The Balaban J connectivity index is 1.89. The molecule has 0 spiro atoms. The van der Waals surface area contributed by atoms with Crippen molar-refractivity contribution in [1.29, 1.82) is 0 Å². The number of hydrogen-bond donors (Lipinski definition) is 1. The van der Waals surface area contributed by atoms with Crippen molar-refractivity contribution >= 4 is 23.1 Å². The van der Waals surface area contributed by atoms with Crippen LogP contribution in [0.1, 0.15) is 36.6 Å². The van der Waals surface area contributed by atoms with Crippen molar-refractivity contribution in [3.8, 4) is 11.5 Å². The molecule has 1 amide bonds. The number of ketones is 1. The third-order valence-electron chi connectivity index (χ3n) is 5.86. The first-order chi connectivity index (χ1) is 16.8. The van der Waals surface area contributed by atoms with E-state index in [0.717, 1.165) is 5.56 Å². The summed E-state index contributed by atoms with van der Waals surface area (Å²) >= 11 is 0. The highest BCUT2D eigenvalue weighted by Gasteiger charge is 2.47. The minimum absolute atomic E-state index is 0.0184. The van der Waals surface area contributed by atoms with Gasteiger partial charge in [-0.05, 0) is 54.8 Å².